The SMILES string of the molecule is Cc1nn(-c2ccccc2)c(C)c1C(=O)C(=O)NNC(=O)c1cccc(N(C)C)c1. The quantitative estimate of drug-likeness (QED) is 0.385. The summed E-state index contributed by atoms with van der Waals surface area (Å²) in [5, 5.41) is 4.38. The summed E-state index contributed by atoms with van der Waals surface area (Å²) in [6, 6.07) is 16.2. The summed E-state index contributed by atoms with van der Waals surface area (Å²) < 4.78 is 1.61. The van der Waals surface area contributed by atoms with Crippen LogP contribution in [0.3, 0.4) is 0 Å². The van der Waals surface area contributed by atoms with Crippen molar-refractivity contribution in [1.82, 2.24) is 20.6 Å². The Morgan fingerprint density at radius 1 is 0.933 bits per heavy atom. The number of benzene rings is 2. The highest BCUT2D eigenvalue weighted by Gasteiger charge is 2.25. The Hall–Kier alpha value is -3.94. The van der Waals surface area contributed by atoms with E-state index in [0.29, 0.717) is 17.0 Å². The molecule has 1 aromatic heterocycles. The molecule has 0 fully saturated rings. The van der Waals surface area contributed by atoms with Crippen LogP contribution in [-0.2, 0) is 4.79 Å². The Labute approximate surface area is 174 Å². The summed E-state index contributed by atoms with van der Waals surface area (Å²) in [6.45, 7) is 3.39. The molecule has 0 aliphatic rings. The molecule has 0 unspecified atom stereocenters. The molecule has 0 aliphatic carbocycles. The number of amides is 2. The lowest BCUT2D eigenvalue weighted by atomic mass is 10.1. The lowest BCUT2D eigenvalue weighted by Crippen LogP contribution is -2.45. The standard InChI is InChI=1S/C22H23N5O3/c1-14-19(15(2)27(25-14)17-10-6-5-7-11-17)20(28)22(30)24-23-21(29)16-9-8-12-18(13-16)26(3)4/h5-13H,1-4H3,(H,23,29)(H,24,30). The summed E-state index contributed by atoms with van der Waals surface area (Å²) >= 11 is 0. The smallest absolute Gasteiger partial charge is 0.310 e. The monoisotopic (exact) mass is 405 g/mol. The topological polar surface area (TPSA) is 96.3 Å². The number of hydrogen-bond acceptors (Lipinski definition) is 5. The van der Waals surface area contributed by atoms with Crippen molar-refractivity contribution in [3.8, 4) is 5.69 Å². The molecule has 2 aromatic carbocycles. The molecule has 8 nitrogen and oxygen atoms in total. The molecule has 154 valence electrons. The maximum atomic E-state index is 12.7. The van der Waals surface area contributed by atoms with E-state index in [1.807, 2.05) is 55.4 Å². The number of carbonyl (C=O) groups is 3. The molecule has 3 aromatic rings. The Morgan fingerprint density at radius 2 is 1.63 bits per heavy atom. The molecule has 0 radical (unpaired) electrons. The molecule has 0 aliphatic heterocycles. The first-order valence-electron chi connectivity index (χ1n) is 9.33. The van der Waals surface area contributed by atoms with Crippen LogP contribution in [0, 0.1) is 13.8 Å². The lowest BCUT2D eigenvalue weighted by Gasteiger charge is -2.13. The van der Waals surface area contributed by atoms with Gasteiger partial charge < -0.3 is 4.90 Å². The Kier molecular flexibility index (Phi) is 5.96. The maximum absolute atomic E-state index is 12.7. The normalized spacial score (nSPS) is 10.4. The fraction of sp³-hybridized carbons (Fsp3) is 0.182. The first-order valence-corrected chi connectivity index (χ1v) is 9.33. The van der Waals surface area contributed by atoms with Crippen LogP contribution >= 0.6 is 0 Å². The van der Waals surface area contributed by atoms with Crippen molar-refractivity contribution in [1.29, 1.82) is 0 Å². The third kappa shape index (κ3) is 4.22. The van der Waals surface area contributed by atoms with E-state index in [9.17, 15) is 14.4 Å². The van der Waals surface area contributed by atoms with Crippen LogP contribution in [0.15, 0.2) is 54.6 Å². The molecule has 0 bridgehead atoms. The van der Waals surface area contributed by atoms with Gasteiger partial charge >= 0.3 is 5.91 Å². The number of nitrogens with one attached hydrogen (secondary N) is 2. The van der Waals surface area contributed by atoms with E-state index in [0.717, 1.165) is 11.4 Å². The summed E-state index contributed by atoms with van der Waals surface area (Å²) in [4.78, 5) is 39.3. The summed E-state index contributed by atoms with van der Waals surface area (Å²) in [6.07, 6.45) is 0. The van der Waals surface area contributed by atoms with Crippen LogP contribution in [0.5, 0.6) is 0 Å². The minimum Gasteiger partial charge on any atom is -0.378 e. The van der Waals surface area contributed by atoms with Crippen LogP contribution in [0.4, 0.5) is 5.69 Å². The Morgan fingerprint density at radius 3 is 2.30 bits per heavy atom. The summed E-state index contributed by atoms with van der Waals surface area (Å²) in [5.74, 6) is -2.23. The first kappa shape index (κ1) is 20.8. The number of aromatic nitrogens is 2. The fourth-order valence-electron chi connectivity index (χ4n) is 3.07. The van der Waals surface area contributed by atoms with Crippen molar-refractivity contribution in [3.63, 3.8) is 0 Å². The molecule has 2 amide bonds. The number of ketones is 1. The highest BCUT2D eigenvalue weighted by atomic mass is 16.2. The fourth-order valence-corrected chi connectivity index (χ4v) is 3.07. The summed E-state index contributed by atoms with van der Waals surface area (Å²) in [7, 11) is 3.72. The van der Waals surface area contributed by atoms with Crippen LogP contribution in [0.25, 0.3) is 5.69 Å². The molecular formula is C22H23N5O3. The van der Waals surface area contributed by atoms with E-state index < -0.39 is 17.6 Å². The molecule has 1 heterocycles. The Balaban J connectivity index is 1.72. The van der Waals surface area contributed by atoms with Crippen LogP contribution in [0.1, 0.15) is 32.1 Å². The predicted molar refractivity (Wildman–Crippen MR) is 114 cm³/mol. The van der Waals surface area contributed by atoms with Gasteiger partial charge in [-0.1, -0.05) is 24.3 Å². The average Bonchev–Trinajstić information content (AvgIpc) is 3.05. The number of Topliss-reactive ketones (excluding diaryl/α,β-unsaturated/α-hetero) is 1. The van der Waals surface area contributed by atoms with Crippen LogP contribution in [-0.4, -0.2) is 41.5 Å². The van der Waals surface area contributed by atoms with Crippen molar-refractivity contribution in [2.45, 2.75) is 13.8 Å². The molecule has 30 heavy (non-hydrogen) atoms. The van der Waals surface area contributed by atoms with Gasteiger partial charge in [0, 0.05) is 25.3 Å². The van der Waals surface area contributed by atoms with Crippen molar-refractivity contribution in [2.75, 3.05) is 19.0 Å². The van der Waals surface area contributed by atoms with Gasteiger partial charge in [0.25, 0.3) is 11.7 Å². The van der Waals surface area contributed by atoms with Crippen LogP contribution in [0.2, 0.25) is 0 Å². The van der Waals surface area contributed by atoms with Gasteiger partial charge in [0.15, 0.2) is 0 Å². The van der Waals surface area contributed by atoms with Crippen molar-refractivity contribution in [3.05, 3.63) is 77.1 Å². The molecule has 0 saturated heterocycles. The number of hydrazine groups is 1. The van der Waals surface area contributed by atoms with Gasteiger partial charge in [0.05, 0.1) is 22.6 Å². The van der Waals surface area contributed by atoms with Gasteiger partial charge in [-0.25, -0.2) is 4.68 Å². The zero-order valence-electron chi connectivity index (χ0n) is 17.3. The third-order valence-electron chi connectivity index (χ3n) is 4.64. The molecule has 0 atom stereocenters. The van der Waals surface area contributed by atoms with Crippen molar-refractivity contribution >= 4 is 23.3 Å². The van der Waals surface area contributed by atoms with Gasteiger partial charge in [-0.2, -0.15) is 5.10 Å². The summed E-state index contributed by atoms with van der Waals surface area (Å²) in [5.41, 5.74) is 7.65. The molecule has 0 spiro atoms. The molecule has 0 saturated carbocycles. The van der Waals surface area contributed by atoms with Gasteiger partial charge in [-0.15, -0.1) is 0 Å². The van der Waals surface area contributed by atoms with Crippen molar-refractivity contribution < 1.29 is 14.4 Å². The van der Waals surface area contributed by atoms with E-state index >= 15 is 0 Å². The van der Waals surface area contributed by atoms with E-state index in [2.05, 4.69) is 16.0 Å². The highest BCUT2D eigenvalue weighted by molar-refractivity contribution is 6.43. The second-order valence-corrected chi connectivity index (χ2v) is 6.98. The number of para-hydroxylation sites is 1. The third-order valence-corrected chi connectivity index (χ3v) is 4.64. The van der Waals surface area contributed by atoms with Gasteiger partial charge in [0.1, 0.15) is 0 Å². The minimum absolute atomic E-state index is 0.209. The van der Waals surface area contributed by atoms with Crippen LogP contribution < -0.4 is 15.8 Å². The van der Waals surface area contributed by atoms with E-state index in [1.54, 1.807) is 36.7 Å². The zero-order valence-corrected chi connectivity index (χ0v) is 17.3. The number of nitrogens with zero attached hydrogens (tertiary/aromatic N) is 3. The molecule has 2 N–H and O–H groups in total. The van der Waals surface area contributed by atoms with Crippen molar-refractivity contribution in [2.24, 2.45) is 0 Å². The number of carbonyl (C=O) groups excluding carboxylic acids is 3. The van der Waals surface area contributed by atoms with E-state index in [4.69, 9.17) is 0 Å². The predicted octanol–water partition coefficient (Wildman–Crippen LogP) is 2.20. The average molecular weight is 405 g/mol. The molecule has 8 heteroatoms. The van der Waals surface area contributed by atoms with Gasteiger partial charge in [0.2, 0.25) is 0 Å². The first-order chi connectivity index (χ1) is 14.3. The molecular weight excluding hydrogens is 382 g/mol. The zero-order chi connectivity index (χ0) is 21.8. The van der Waals surface area contributed by atoms with E-state index in [1.165, 1.54) is 0 Å². The largest absolute Gasteiger partial charge is 0.378 e. The number of rotatable bonds is 5. The minimum atomic E-state index is -0.939. The maximum Gasteiger partial charge on any atom is 0.310 e. The van der Waals surface area contributed by atoms with Gasteiger partial charge in [-0.05, 0) is 44.2 Å². The second kappa shape index (κ2) is 8.60. The van der Waals surface area contributed by atoms with Gasteiger partial charge in [-0.3, -0.25) is 25.2 Å². The van der Waals surface area contributed by atoms with E-state index in [-0.39, 0.29) is 5.56 Å². The Bertz CT molecular complexity index is 1100. The highest BCUT2D eigenvalue weighted by Crippen LogP contribution is 2.18. The number of aryl methyl sites for hydroxylation is 1. The lowest BCUT2D eigenvalue weighted by molar-refractivity contribution is -0.117. The number of hydrogen-bond donors (Lipinski definition) is 2. The second-order valence-electron chi connectivity index (χ2n) is 6.98. The number of anilines is 1. The molecule has 3 rings (SSSR count).